The third-order valence-electron chi connectivity index (χ3n) is 2.62. The molecule has 1 amide bonds. The summed E-state index contributed by atoms with van der Waals surface area (Å²) < 4.78 is 0. The van der Waals surface area contributed by atoms with Gasteiger partial charge in [0.1, 0.15) is 5.75 Å². The largest absolute Gasteiger partial charge is 0.508 e. The predicted octanol–water partition coefficient (Wildman–Crippen LogP) is 3.14. The van der Waals surface area contributed by atoms with Crippen LogP contribution in [0.25, 0.3) is 10.8 Å². The first kappa shape index (κ1) is 11.5. The standard InChI is InChI=1S/C14H15NO2/c1-9(2)14(17)15-12-5-3-11-8-13(16)6-4-10(11)7-12/h3-9,16H,1-2H3,(H,15,17). The molecule has 17 heavy (non-hydrogen) atoms. The molecule has 3 nitrogen and oxygen atoms in total. The highest BCUT2D eigenvalue weighted by Gasteiger charge is 2.07. The Hall–Kier alpha value is -2.03. The van der Waals surface area contributed by atoms with Gasteiger partial charge in [-0.05, 0) is 35.0 Å². The molecule has 3 heteroatoms. The lowest BCUT2D eigenvalue weighted by Gasteiger charge is -2.08. The van der Waals surface area contributed by atoms with E-state index in [1.54, 1.807) is 12.1 Å². The molecule has 0 fully saturated rings. The number of carbonyl (C=O) groups is 1. The zero-order chi connectivity index (χ0) is 12.4. The van der Waals surface area contributed by atoms with Gasteiger partial charge in [-0.2, -0.15) is 0 Å². The van der Waals surface area contributed by atoms with Gasteiger partial charge in [-0.25, -0.2) is 0 Å². The number of phenols is 1. The summed E-state index contributed by atoms with van der Waals surface area (Å²) in [4.78, 5) is 11.6. The molecule has 0 aliphatic heterocycles. The van der Waals surface area contributed by atoms with Crippen LogP contribution in [0, 0.1) is 5.92 Å². The van der Waals surface area contributed by atoms with E-state index in [4.69, 9.17) is 0 Å². The van der Waals surface area contributed by atoms with Crippen LogP contribution in [0.15, 0.2) is 36.4 Å². The molecule has 0 heterocycles. The van der Waals surface area contributed by atoms with Crippen molar-refractivity contribution in [2.75, 3.05) is 5.32 Å². The summed E-state index contributed by atoms with van der Waals surface area (Å²) >= 11 is 0. The van der Waals surface area contributed by atoms with Gasteiger partial charge in [-0.3, -0.25) is 4.79 Å². The van der Waals surface area contributed by atoms with Crippen LogP contribution in [0.3, 0.4) is 0 Å². The molecule has 88 valence electrons. The molecular formula is C14H15NO2. The van der Waals surface area contributed by atoms with Crippen LogP contribution in [0.2, 0.25) is 0 Å². The summed E-state index contributed by atoms with van der Waals surface area (Å²) in [5.74, 6) is 0.213. The Morgan fingerprint density at radius 3 is 2.47 bits per heavy atom. The van der Waals surface area contributed by atoms with Crippen LogP contribution in [-0.4, -0.2) is 11.0 Å². The molecule has 0 aliphatic carbocycles. The number of hydrogen-bond acceptors (Lipinski definition) is 2. The minimum Gasteiger partial charge on any atom is -0.508 e. The van der Waals surface area contributed by atoms with E-state index in [1.807, 2.05) is 38.1 Å². The highest BCUT2D eigenvalue weighted by atomic mass is 16.3. The Bertz CT molecular complexity index is 561. The number of phenolic OH excluding ortho intramolecular Hbond substituents is 1. The summed E-state index contributed by atoms with van der Waals surface area (Å²) in [6.07, 6.45) is 0. The molecule has 0 atom stereocenters. The Morgan fingerprint density at radius 1 is 1.12 bits per heavy atom. The van der Waals surface area contributed by atoms with Crippen LogP contribution in [0.5, 0.6) is 5.75 Å². The Balaban J connectivity index is 2.32. The number of nitrogens with one attached hydrogen (secondary N) is 1. The molecule has 2 rings (SSSR count). The van der Waals surface area contributed by atoms with E-state index in [1.165, 1.54) is 0 Å². The van der Waals surface area contributed by atoms with Crippen LogP contribution < -0.4 is 5.32 Å². The van der Waals surface area contributed by atoms with Crippen molar-refractivity contribution in [3.05, 3.63) is 36.4 Å². The zero-order valence-electron chi connectivity index (χ0n) is 9.90. The van der Waals surface area contributed by atoms with Crippen molar-refractivity contribution >= 4 is 22.4 Å². The van der Waals surface area contributed by atoms with Crippen molar-refractivity contribution in [1.82, 2.24) is 0 Å². The number of hydrogen-bond donors (Lipinski definition) is 2. The van der Waals surface area contributed by atoms with Crippen molar-refractivity contribution in [2.24, 2.45) is 5.92 Å². The highest BCUT2D eigenvalue weighted by Crippen LogP contribution is 2.23. The Kier molecular flexibility index (Phi) is 3.00. The number of rotatable bonds is 2. The summed E-state index contributed by atoms with van der Waals surface area (Å²) in [6, 6.07) is 10.8. The molecule has 2 aromatic carbocycles. The summed E-state index contributed by atoms with van der Waals surface area (Å²) in [7, 11) is 0. The second-order valence-electron chi connectivity index (χ2n) is 4.39. The van der Waals surface area contributed by atoms with Gasteiger partial charge < -0.3 is 10.4 Å². The van der Waals surface area contributed by atoms with Crippen molar-refractivity contribution in [1.29, 1.82) is 0 Å². The van der Waals surface area contributed by atoms with Gasteiger partial charge in [-0.1, -0.05) is 26.0 Å². The second kappa shape index (κ2) is 4.45. The first-order valence-electron chi connectivity index (χ1n) is 5.60. The van der Waals surface area contributed by atoms with Crippen LogP contribution in [0.1, 0.15) is 13.8 Å². The quantitative estimate of drug-likeness (QED) is 0.831. The van der Waals surface area contributed by atoms with E-state index >= 15 is 0 Å². The highest BCUT2D eigenvalue weighted by molar-refractivity contribution is 5.95. The van der Waals surface area contributed by atoms with Gasteiger partial charge in [0.2, 0.25) is 5.91 Å². The average Bonchev–Trinajstić information content (AvgIpc) is 2.29. The topological polar surface area (TPSA) is 49.3 Å². The van der Waals surface area contributed by atoms with Crippen molar-refractivity contribution in [3.8, 4) is 5.75 Å². The molecule has 0 saturated heterocycles. The zero-order valence-corrected chi connectivity index (χ0v) is 9.90. The molecule has 0 bridgehead atoms. The van der Waals surface area contributed by atoms with Crippen LogP contribution >= 0.6 is 0 Å². The first-order chi connectivity index (χ1) is 8.06. The lowest BCUT2D eigenvalue weighted by Crippen LogP contribution is -2.17. The third-order valence-corrected chi connectivity index (χ3v) is 2.62. The maximum absolute atomic E-state index is 11.6. The van der Waals surface area contributed by atoms with Crippen molar-refractivity contribution in [2.45, 2.75) is 13.8 Å². The molecular weight excluding hydrogens is 214 g/mol. The lowest BCUT2D eigenvalue weighted by molar-refractivity contribution is -0.118. The molecule has 0 aromatic heterocycles. The fourth-order valence-electron chi connectivity index (χ4n) is 1.60. The Morgan fingerprint density at radius 2 is 1.76 bits per heavy atom. The minimum atomic E-state index is -0.0366. The molecule has 2 aromatic rings. The van der Waals surface area contributed by atoms with E-state index in [9.17, 15) is 9.90 Å². The fourth-order valence-corrected chi connectivity index (χ4v) is 1.60. The summed E-state index contributed by atoms with van der Waals surface area (Å²) in [5.41, 5.74) is 0.780. The van der Waals surface area contributed by atoms with Crippen molar-refractivity contribution < 1.29 is 9.90 Å². The van der Waals surface area contributed by atoms with Gasteiger partial charge in [-0.15, -0.1) is 0 Å². The predicted molar refractivity (Wildman–Crippen MR) is 69.1 cm³/mol. The molecule has 0 radical (unpaired) electrons. The average molecular weight is 229 g/mol. The molecule has 0 spiro atoms. The van der Waals surface area contributed by atoms with Gasteiger partial charge in [0, 0.05) is 11.6 Å². The van der Waals surface area contributed by atoms with Gasteiger partial charge in [0.15, 0.2) is 0 Å². The Labute approximate surface area is 100 Å². The molecule has 2 N–H and O–H groups in total. The van der Waals surface area contributed by atoms with Crippen LogP contribution in [-0.2, 0) is 4.79 Å². The number of aromatic hydroxyl groups is 1. The number of benzene rings is 2. The summed E-state index contributed by atoms with van der Waals surface area (Å²) in [6.45, 7) is 3.71. The number of carbonyl (C=O) groups excluding carboxylic acids is 1. The van der Waals surface area contributed by atoms with E-state index in [2.05, 4.69) is 5.32 Å². The normalized spacial score (nSPS) is 10.8. The smallest absolute Gasteiger partial charge is 0.226 e. The van der Waals surface area contributed by atoms with Crippen LogP contribution in [0.4, 0.5) is 5.69 Å². The SMILES string of the molecule is CC(C)C(=O)Nc1ccc2cc(O)ccc2c1. The summed E-state index contributed by atoms with van der Waals surface area (Å²) in [5, 5.41) is 14.1. The maximum Gasteiger partial charge on any atom is 0.226 e. The molecule has 0 saturated carbocycles. The number of fused-ring (bicyclic) bond motifs is 1. The molecule has 0 aliphatic rings. The maximum atomic E-state index is 11.6. The van der Waals surface area contributed by atoms with Gasteiger partial charge >= 0.3 is 0 Å². The first-order valence-corrected chi connectivity index (χ1v) is 5.60. The van der Waals surface area contributed by atoms with E-state index in [-0.39, 0.29) is 17.6 Å². The fraction of sp³-hybridized carbons (Fsp3) is 0.214. The number of anilines is 1. The minimum absolute atomic E-state index is 0.00290. The second-order valence-corrected chi connectivity index (χ2v) is 4.39. The van der Waals surface area contributed by atoms with Gasteiger partial charge in [0.05, 0.1) is 0 Å². The number of amides is 1. The molecule has 0 unspecified atom stereocenters. The monoisotopic (exact) mass is 229 g/mol. The van der Waals surface area contributed by atoms with Gasteiger partial charge in [0.25, 0.3) is 0 Å². The van der Waals surface area contributed by atoms with E-state index in [0.29, 0.717) is 0 Å². The van der Waals surface area contributed by atoms with Crippen molar-refractivity contribution in [3.63, 3.8) is 0 Å². The van der Waals surface area contributed by atoms with E-state index < -0.39 is 0 Å². The third kappa shape index (κ3) is 2.56. The lowest BCUT2D eigenvalue weighted by atomic mass is 10.1. The van der Waals surface area contributed by atoms with E-state index in [0.717, 1.165) is 16.5 Å².